The highest BCUT2D eigenvalue weighted by Gasteiger charge is 2.28. The molecule has 0 aliphatic carbocycles. The number of amides is 1. The van der Waals surface area contributed by atoms with E-state index < -0.39 is 10.0 Å². The van der Waals surface area contributed by atoms with Gasteiger partial charge in [-0.15, -0.1) is 0 Å². The van der Waals surface area contributed by atoms with Crippen LogP contribution in [0.3, 0.4) is 0 Å². The number of benzene rings is 1. The van der Waals surface area contributed by atoms with Gasteiger partial charge < -0.3 is 10.1 Å². The molecule has 0 radical (unpaired) electrons. The van der Waals surface area contributed by atoms with Gasteiger partial charge in [0.2, 0.25) is 15.9 Å². The van der Waals surface area contributed by atoms with E-state index in [4.69, 9.17) is 4.74 Å². The third kappa shape index (κ3) is 5.58. The van der Waals surface area contributed by atoms with E-state index in [2.05, 4.69) is 5.32 Å². The number of sulfonamides is 1. The molecule has 0 saturated carbocycles. The summed E-state index contributed by atoms with van der Waals surface area (Å²) in [6, 6.07) is 7.61. The Balaban J connectivity index is 1.90. The fourth-order valence-corrected chi connectivity index (χ4v) is 3.57. The summed E-state index contributed by atoms with van der Waals surface area (Å²) in [5.41, 5.74) is 1.75. The molecule has 134 valence electrons. The first-order chi connectivity index (χ1) is 11.3. The zero-order valence-corrected chi connectivity index (χ0v) is 15.3. The van der Waals surface area contributed by atoms with Crippen LogP contribution >= 0.6 is 0 Å². The minimum Gasteiger partial charge on any atom is -0.374 e. The molecule has 0 aromatic heterocycles. The molecule has 1 aromatic rings. The number of carbonyl (C=O) groups excluding carboxylic acids is 1. The van der Waals surface area contributed by atoms with E-state index in [0.29, 0.717) is 32.5 Å². The van der Waals surface area contributed by atoms with Gasteiger partial charge in [-0.25, -0.2) is 12.7 Å². The molecule has 24 heavy (non-hydrogen) atoms. The Bertz CT molecular complexity index is 665. The zero-order chi connectivity index (χ0) is 17.7. The molecule has 1 saturated heterocycles. The number of nitrogens with one attached hydrogen (secondary N) is 1. The maximum Gasteiger partial charge on any atom is 0.227 e. The summed E-state index contributed by atoms with van der Waals surface area (Å²) in [6.07, 6.45) is 2.46. The van der Waals surface area contributed by atoms with E-state index in [0.717, 1.165) is 11.3 Å². The summed E-state index contributed by atoms with van der Waals surface area (Å²) >= 11 is 0. The first kappa shape index (κ1) is 18.9. The highest BCUT2D eigenvalue weighted by Crippen LogP contribution is 2.21. The van der Waals surface area contributed by atoms with Gasteiger partial charge in [0.05, 0.1) is 19.0 Å². The van der Waals surface area contributed by atoms with Crippen LogP contribution in [-0.2, 0) is 26.2 Å². The Morgan fingerprint density at radius 3 is 2.58 bits per heavy atom. The number of anilines is 1. The van der Waals surface area contributed by atoms with Gasteiger partial charge in [0, 0.05) is 24.7 Å². The van der Waals surface area contributed by atoms with Gasteiger partial charge in [0.1, 0.15) is 0 Å². The lowest BCUT2D eigenvalue weighted by molar-refractivity contribution is -0.120. The van der Waals surface area contributed by atoms with Crippen LogP contribution in [0.2, 0.25) is 0 Å². The molecular formula is C17H26N2O4S. The Hall–Kier alpha value is -1.44. The molecule has 2 rings (SSSR count). The Labute approximate surface area is 144 Å². The standard InChI is InChI=1S/C17H26N2O4S/c1-13(2)23-12-14-5-4-6-16(11-14)18-17(20)15-7-9-19(10-8-15)24(3,21)22/h4-6,11,13,15H,7-10,12H2,1-3H3,(H,18,20). The molecule has 7 heteroatoms. The summed E-state index contributed by atoms with van der Waals surface area (Å²) in [6.45, 7) is 5.27. The predicted molar refractivity (Wildman–Crippen MR) is 94.1 cm³/mol. The highest BCUT2D eigenvalue weighted by molar-refractivity contribution is 7.88. The summed E-state index contributed by atoms with van der Waals surface area (Å²) in [4.78, 5) is 12.4. The third-order valence-corrected chi connectivity index (χ3v) is 5.37. The first-order valence-electron chi connectivity index (χ1n) is 8.22. The summed E-state index contributed by atoms with van der Waals surface area (Å²) in [5, 5.41) is 2.93. The Morgan fingerprint density at radius 2 is 2.00 bits per heavy atom. The van der Waals surface area contributed by atoms with Crippen LogP contribution in [0, 0.1) is 5.92 Å². The average molecular weight is 354 g/mol. The largest absolute Gasteiger partial charge is 0.374 e. The van der Waals surface area contributed by atoms with E-state index in [9.17, 15) is 13.2 Å². The number of nitrogens with zero attached hydrogens (tertiary/aromatic N) is 1. The molecule has 0 unspecified atom stereocenters. The molecule has 1 heterocycles. The van der Waals surface area contributed by atoms with Gasteiger partial charge in [-0.3, -0.25) is 4.79 Å². The molecule has 1 amide bonds. The molecular weight excluding hydrogens is 328 g/mol. The van der Waals surface area contributed by atoms with Crippen LogP contribution in [0.4, 0.5) is 5.69 Å². The molecule has 1 aliphatic rings. The predicted octanol–water partition coefficient (Wildman–Crippen LogP) is 2.22. The van der Waals surface area contributed by atoms with Crippen molar-refractivity contribution >= 4 is 21.6 Å². The van der Waals surface area contributed by atoms with Crippen molar-refractivity contribution in [1.29, 1.82) is 0 Å². The lowest BCUT2D eigenvalue weighted by Gasteiger charge is -2.29. The van der Waals surface area contributed by atoms with Gasteiger partial charge in [-0.05, 0) is 44.4 Å². The molecule has 1 aromatic carbocycles. The number of rotatable bonds is 6. The lowest BCUT2D eigenvalue weighted by atomic mass is 9.97. The SMILES string of the molecule is CC(C)OCc1cccc(NC(=O)C2CCN(S(C)(=O)=O)CC2)c1. The molecule has 6 nitrogen and oxygen atoms in total. The van der Waals surface area contributed by atoms with Crippen molar-refractivity contribution in [3.8, 4) is 0 Å². The zero-order valence-electron chi connectivity index (χ0n) is 14.5. The summed E-state index contributed by atoms with van der Waals surface area (Å²) < 4.78 is 30.0. The molecule has 0 bridgehead atoms. The fraction of sp³-hybridized carbons (Fsp3) is 0.588. The van der Waals surface area contributed by atoms with Crippen LogP contribution in [0.15, 0.2) is 24.3 Å². The first-order valence-corrected chi connectivity index (χ1v) is 10.1. The average Bonchev–Trinajstić information content (AvgIpc) is 2.52. The molecule has 1 aliphatic heterocycles. The number of hydrogen-bond donors (Lipinski definition) is 1. The van der Waals surface area contributed by atoms with Gasteiger partial charge >= 0.3 is 0 Å². The van der Waals surface area contributed by atoms with Crippen molar-refractivity contribution < 1.29 is 17.9 Å². The van der Waals surface area contributed by atoms with Gasteiger partial charge in [-0.1, -0.05) is 12.1 Å². The number of carbonyl (C=O) groups is 1. The highest BCUT2D eigenvalue weighted by atomic mass is 32.2. The number of ether oxygens (including phenoxy) is 1. The maximum absolute atomic E-state index is 12.4. The molecule has 0 atom stereocenters. The van der Waals surface area contributed by atoms with Crippen LogP contribution < -0.4 is 5.32 Å². The monoisotopic (exact) mass is 354 g/mol. The maximum atomic E-state index is 12.4. The summed E-state index contributed by atoms with van der Waals surface area (Å²) in [5.74, 6) is -0.205. The Morgan fingerprint density at radius 1 is 1.33 bits per heavy atom. The molecule has 0 spiro atoms. The normalized spacial score (nSPS) is 17.2. The second-order valence-corrected chi connectivity index (χ2v) is 8.47. The van der Waals surface area contributed by atoms with E-state index in [1.54, 1.807) is 0 Å². The van der Waals surface area contributed by atoms with Crippen LogP contribution in [0.5, 0.6) is 0 Å². The van der Waals surface area contributed by atoms with Crippen molar-refractivity contribution in [3.63, 3.8) is 0 Å². The minimum absolute atomic E-state index is 0.0509. The van der Waals surface area contributed by atoms with E-state index in [-0.39, 0.29) is 17.9 Å². The summed E-state index contributed by atoms with van der Waals surface area (Å²) in [7, 11) is -3.17. The lowest BCUT2D eigenvalue weighted by Crippen LogP contribution is -2.40. The smallest absolute Gasteiger partial charge is 0.227 e. The Kier molecular flexibility index (Phi) is 6.37. The van der Waals surface area contributed by atoms with Crippen LogP contribution in [-0.4, -0.2) is 44.1 Å². The molecule has 1 N–H and O–H groups in total. The van der Waals surface area contributed by atoms with E-state index in [1.807, 2.05) is 38.1 Å². The van der Waals surface area contributed by atoms with E-state index in [1.165, 1.54) is 10.6 Å². The third-order valence-electron chi connectivity index (χ3n) is 4.07. The van der Waals surface area contributed by atoms with Crippen LogP contribution in [0.25, 0.3) is 0 Å². The van der Waals surface area contributed by atoms with Gasteiger partial charge in [0.15, 0.2) is 0 Å². The van der Waals surface area contributed by atoms with Crippen molar-refractivity contribution in [2.24, 2.45) is 5.92 Å². The number of piperidine rings is 1. The molecule has 1 fully saturated rings. The minimum atomic E-state index is -3.17. The topological polar surface area (TPSA) is 75.7 Å². The fourth-order valence-electron chi connectivity index (χ4n) is 2.70. The second kappa shape index (κ2) is 8.09. The second-order valence-electron chi connectivity index (χ2n) is 6.49. The quantitative estimate of drug-likeness (QED) is 0.850. The number of hydrogen-bond acceptors (Lipinski definition) is 4. The van der Waals surface area contributed by atoms with Crippen molar-refractivity contribution in [2.75, 3.05) is 24.7 Å². The van der Waals surface area contributed by atoms with Gasteiger partial charge in [0.25, 0.3) is 0 Å². The van der Waals surface area contributed by atoms with Crippen molar-refractivity contribution in [3.05, 3.63) is 29.8 Å². The van der Waals surface area contributed by atoms with Gasteiger partial charge in [-0.2, -0.15) is 0 Å². The van der Waals surface area contributed by atoms with E-state index >= 15 is 0 Å². The van der Waals surface area contributed by atoms with Crippen molar-refractivity contribution in [2.45, 2.75) is 39.4 Å². The van der Waals surface area contributed by atoms with Crippen molar-refractivity contribution in [1.82, 2.24) is 4.31 Å². The van der Waals surface area contributed by atoms with Crippen LogP contribution in [0.1, 0.15) is 32.3 Å².